The van der Waals surface area contributed by atoms with Gasteiger partial charge < -0.3 is 5.32 Å². The molecular weight excluding hydrogens is 344 g/mol. The Bertz CT molecular complexity index is 960. The molecule has 1 amide bonds. The number of halogens is 1. The van der Waals surface area contributed by atoms with Crippen LogP contribution in [-0.4, -0.2) is 20.7 Å². The third-order valence-electron chi connectivity index (χ3n) is 4.07. The molecule has 0 saturated heterocycles. The van der Waals surface area contributed by atoms with Crippen molar-refractivity contribution in [1.29, 1.82) is 0 Å². The Labute approximate surface area is 148 Å². The number of thiazole rings is 1. The summed E-state index contributed by atoms with van der Waals surface area (Å²) in [5.74, 6) is -0.114. The standard InChI is InChI=1S/C17H15ClN4OS/c1-9-11-7-8-13-16(24-17(20-13)19-10(2)23)15(11)22(21-9)14-6-4-3-5-12(14)18/h3-6H,7-8H2,1-2H3,(H,19,20,23). The van der Waals surface area contributed by atoms with Gasteiger partial charge in [-0.25, -0.2) is 9.67 Å². The molecule has 0 aliphatic heterocycles. The molecule has 24 heavy (non-hydrogen) atoms. The van der Waals surface area contributed by atoms with E-state index in [4.69, 9.17) is 16.7 Å². The monoisotopic (exact) mass is 358 g/mol. The third kappa shape index (κ3) is 2.42. The summed E-state index contributed by atoms with van der Waals surface area (Å²) in [7, 11) is 0. The van der Waals surface area contributed by atoms with Crippen LogP contribution in [0, 0.1) is 6.92 Å². The van der Waals surface area contributed by atoms with Crippen LogP contribution in [0.1, 0.15) is 23.9 Å². The lowest BCUT2D eigenvalue weighted by Crippen LogP contribution is -2.07. The van der Waals surface area contributed by atoms with Gasteiger partial charge in [0, 0.05) is 12.5 Å². The van der Waals surface area contributed by atoms with E-state index in [0.717, 1.165) is 40.5 Å². The Morgan fingerprint density at radius 3 is 2.88 bits per heavy atom. The summed E-state index contributed by atoms with van der Waals surface area (Å²) >= 11 is 7.87. The smallest absolute Gasteiger partial charge is 0.223 e. The fraction of sp³-hybridized carbons (Fsp3) is 0.235. The molecule has 1 aliphatic rings. The number of aryl methyl sites for hydroxylation is 2. The average molecular weight is 359 g/mol. The van der Waals surface area contributed by atoms with Gasteiger partial charge >= 0.3 is 0 Å². The molecule has 0 radical (unpaired) electrons. The van der Waals surface area contributed by atoms with Crippen LogP contribution in [0.2, 0.25) is 5.02 Å². The van der Waals surface area contributed by atoms with E-state index < -0.39 is 0 Å². The highest BCUT2D eigenvalue weighted by Crippen LogP contribution is 2.42. The first-order valence-electron chi connectivity index (χ1n) is 7.65. The van der Waals surface area contributed by atoms with Crippen molar-refractivity contribution < 1.29 is 4.79 Å². The SMILES string of the molecule is CC(=O)Nc1nc2c(s1)-c1c(c(C)nn1-c1ccccc1Cl)CC2. The van der Waals surface area contributed by atoms with E-state index in [-0.39, 0.29) is 5.91 Å². The molecule has 5 nitrogen and oxygen atoms in total. The summed E-state index contributed by atoms with van der Waals surface area (Å²) in [5, 5.41) is 8.78. The Morgan fingerprint density at radius 1 is 1.33 bits per heavy atom. The zero-order chi connectivity index (χ0) is 16.8. The molecule has 0 atom stereocenters. The second-order valence-electron chi connectivity index (χ2n) is 5.75. The normalized spacial score (nSPS) is 12.6. The predicted octanol–water partition coefficient (Wildman–Crippen LogP) is 4.01. The summed E-state index contributed by atoms with van der Waals surface area (Å²) in [4.78, 5) is 17.0. The molecule has 0 unspecified atom stereocenters. The minimum atomic E-state index is -0.114. The number of nitrogens with one attached hydrogen (secondary N) is 1. The number of amides is 1. The first kappa shape index (κ1) is 15.4. The van der Waals surface area contributed by atoms with Gasteiger partial charge in [0.05, 0.1) is 32.7 Å². The van der Waals surface area contributed by atoms with Gasteiger partial charge in [0.2, 0.25) is 5.91 Å². The van der Waals surface area contributed by atoms with Gasteiger partial charge in [-0.05, 0) is 31.9 Å². The van der Waals surface area contributed by atoms with E-state index >= 15 is 0 Å². The van der Waals surface area contributed by atoms with Crippen molar-refractivity contribution >= 4 is 34.0 Å². The zero-order valence-electron chi connectivity index (χ0n) is 13.3. The second-order valence-corrected chi connectivity index (χ2v) is 7.16. The van der Waals surface area contributed by atoms with E-state index in [2.05, 4.69) is 10.3 Å². The number of rotatable bonds is 2. The summed E-state index contributed by atoms with van der Waals surface area (Å²) in [5.41, 5.74) is 5.12. The lowest BCUT2D eigenvalue weighted by atomic mass is 9.98. The van der Waals surface area contributed by atoms with Crippen molar-refractivity contribution in [2.75, 3.05) is 5.32 Å². The molecule has 2 aromatic heterocycles. The number of carbonyl (C=O) groups excluding carboxylic acids is 1. The molecule has 0 saturated carbocycles. The maximum Gasteiger partial charge on any atom is 0.223 e. The Hall–Kier alpha value is -2.18. The molecule has 0 bridgehead atoms. The van der Waals surface area contributed by atoms with E-state index in [9.17, 15) is 4.79 Å². The fourth-order valence-electron chi connectivity index (χ4n) is 3.04. The van der Waals surface area contributed by atoms with Gasteiger partial charge in [0.1, 0.15) is 0 Å². The molecule has 122 valence electrons. The van der Waals surface area contributed by atoms with Crippen molar-refractivity contribution in [2.24, 2.45) is 0 Å². The number of aromatic nitrogens is 3. The van der Waals surface area contributed by atoms with Crippen LogP contribution in [0.4, 0.5) is 5.13 Å². The topological polar surface area (TPSA) is 59.8 Å². The van der Waals surface area contributed by atoms with Crippen molar-refractivity contribution in [3.8, 4) is 16.3 Å². The highest BCUT2D eigenvalue weighted by Gasteiger charge is 2.28. The molecule has 0 spiro atoms. The Balaban J connectivity index is 1.92. The van der Waals surface area contributed by atoms with Crippen molar-refractivity contribution in [3.63, 3.8) is 0 Å². The summed E-state index contributed by atoms with van der Waals surface area (Å²) in [6.45, 7) is 3.51. The maximum absolute atomic E-state index is 11.3. The molecule has 1 N–H and O–H groups in total. The molecule has 0 fully saturated rings. The molecule has 2 heterocycles. The number of hydrogen-bond donors (Lipinski definition) is 1. The van der Waals surface area contributed by atoms with Crippen LogP contribution < -0.4 is 5.32 Å². The van der Waals surface area contributed by atoms with Gasteiger partial charge in [0.25, 0.3) is 0 Å². The predicted molar refractivity (Wildman–Crippen MR) is 96.1 cm³/mol. The number of para-hydroxylation sites is 1. The second kappa shape index (κ2) is 5.72. The van der Waals surface area contributed by atoms with Gasteiger partial charge in [-0.1, -0.05) is 35.1 Å². The number of fused-ring (bicyclic) bond motifs is 3. The van der Waals surface area contributed by atoms with Crippen LogP contribution in [0.3, 0.4) is 0 Å². The summed E-state index contributed by atoms with van der Waals surface area (Å²) in [6, 6.07) is 7.67. The van der Waals surface area contributed by atoms with E-state index in [0.29, 0.717) is 10.2 Å². The van der Waals surface area contributed by atoms with E-state index in [1.807, 2.05) is 35.9 Å². The van der Waals surface area contributed by atoms with Gasteiger partial charge in [-0.15, -0.1) is 0 Å². The minimum absolute atomic E-state index is 0.114. The molecular formula is C17H15ClN4OS. The molecule has 3 aromatic rings. The lowest BCUT2D eigenvalue weighted by molar-refractivity contribution is -0.114. The quantitative estimate of drug-likeness (QED) is 0.752. The fourth-order valence-corrected chi connectivity index (χ4v) is 4.38. The maximum atomic E-state index is 11.3. The van der Waals surface area contributed by atoms with Gasteiger partial charge in [0.15, 0.2) is 5.13 Å². The van der Waals surface area contributed by atoms with Crippen LogP contribution in [-0.2, 0) is 17.6 Å². The van der Waals surface area contributed by atoms with E-state index in [1.54, 1.807) is 0 Å². The first-order valence-corrected chi connectivity index (χ1v) is 8.85. The lowest BCUT2D eigenvalue weighted by Gasteiger charge is -2.14. The molecule has 1 aliphatic carbocycles. The number of carbonyl (C=O) groups is 1. The largest absolute Gasteiger partial charge is 0.302 e. The van der Waals surface area contributed by atoms with Crippen LogP contribution in [0.5, 0.6) is 0 Å². The third-order valence-corrected chi connectivity index (χ3v) is 5.41. The molecule has 7 heteroatoms. The average Bonchev–Trinajstić information content (AvgIpc) is 3.07. The van der Waals surface area contributed by atoms with Gasteiger partial charge in [-0.2, -0.15) is 5.10 Å². The highest BCUT2D eigenvalue weighted by molar-refractivity contribution is 7.19. The van der Waals surface area contributed by atoms with Crippen LogP contribution >= 0.6 is 22.9 Å². The Morgan fingerprint density at radius 2 is 2.12 bits per heavy atom. The number of hydrogen-bond acceptors (Lipinski definition) is 4. The highest BCUT2D eigenvalue weighted by atomic mass is 35.5. The summed E-state index contributed by atoms with van der Waals surface area (Å²) < 4.78 is 1.90. The number of benzene rings is 1. The van der Waals surface area contributed by atoms with E-state index in [1.165, 1.54) is 23.8 Å². The molecule has 1 aromatic carbocycles. The zero-order valence-corrected chi connectivity index (χ0v) is 14.8. The van der Waals surface area contributed by atoms with Crippen molar-refractivity contribution in [3.05, 3.63) is 46.2 Å². The van der Waals surface area contributed by atoms with Gasteiger partial charge in [-0.3, -0.25) is 4.79 Å². The summed E-state index contributed by atoms with van der Waals surface area (Å²) in [6.07, 6.45) is 1.75. The number of anilines is 1. The van der Waals surface area contributed by atoms with Crippen molar-refractivity contribution in [2.45, 2.75) is 26.7 Å². The minimum Gasteiger partial charge on any atom is -0.302 e. The van der Waals surface area contributed by atoms with Crippen LogP contribution in [0.25, 0.3) is 16.3 Å². The Kier molecular flexibility index (Phi) is 3.66. The first-order chi connectivity index (χ1) is 11.5. The van der Waals surface area contributed by atoms with Crippen LogP contribution in [0.15, 0.2) is 24.3 Å². The number of nitrogens with zero attached hydrogens (tertiary/aromatic N) is 3. The molecule has 4 rings (SSSR count). The van der Waals surface area contributed by atoms with Crippen molar-refractivity contribution in [1.82, 2.24) is 14.8 Å².